The number of hydrogen-bond acceptors (Lipinski definition) is 4. The average Bonchev–Trinajstić information content (AvgIpc) is 2.83. The Balaban J connectivity index is 2.32. The van der Waals surface area contributed by atoms with Crippen LogP contribution in [0.3, 0.4) is 0 Å². The van der Waals surface area contributed by atoms with Crippen LogP contribution in [0.5, 0.6) is 5.88 Å². The van der Waals surface area contributed by atoms with Crippen molar-refractivity contribution in [2.24, 2.45) is 5.73 Å². The average molecular weight is 338 g/mol. The number of H-pyrrole nitrogens is 1. The molecule has 7 nitrogen and oxygen atoms in total. The highest BCUT2D eigenvalue weighted by molar-refractivity contribution is 5.72. The third-order valence-corrected chi connectivity index (χ3v) is 3.30. The van der Waals surface area contributed by atoms with E-state index in [9.17, 15) is 22.8 Å². The molecule has 124 valence electrons. The predicted octanol–water partition coefficient (Wildman–Crippen LogP) is 1.87. The summed E-state index contributed by atoms with van der Waals surface area (Å²) in [4.78, 5) is 29.7. The van der Waals surface area contributed by atoms with Gasteiger partial charge < -0.3 is 15.5 Å². The fourth-order valence-corrected chi connectivity index (χ4v) is 2.37. The van der Waals surface area contributed by atoms with Gasteiger partial charge >= 0.3 is 6.09 Å². The molecule has 0 aliphatic rings. The number of halogens is 3. The van der Waals surface area contributed by atoms with Crippen LogP contribution in [-0.4, -0.2) is 20.5 Å². The minimum Gasteiger partial charge on any atom is -0.387 e. The third kappa shape index (κ3) is 2.37. The number of primary amides is 1. The number of ether oxygens (including phenoxy) is 1. The van der Waals surface area contributed by atoms with Gasteiger partial charge in [0, 0.05) is 17.8 Å². The van der Waals surface area contributed by atoms with Crippen molar-refractivity contribution in [2.75, 3.05) is 0 Å². The highest BCUT2D eigenvalue weighted by Gasteiger charge is 2.22. The van der Waals surface area contributed by atoms with Crippen molar-refractivity contribution in [3.63, 3.8) is 0 Å². The molecule has 3 rings (SSSR count). The monoisotopic (exact) mass is 338 g/mol. The predicted molar refractivity (Wildman–Crippen MR) is 76.1 cm³/mol. The summed E-state index contributed by atoms with van der Waals surface area (Å²) in [5.74, 6) is -3.83. The van der Waals surface area contributed by atoms with Crippen molar-refractivity contribution in [3.05, 3.63) is 52.0 Å². The highest BCUT2D eigenvalue weighted by Crippen LogP contribution is 2.27. The number of nitrogens with zero attached hydrogens (tertiary/aromatic N) is 2. The molecule has 2 heterocycles. The maximum Gasteiger partial charge on any atom is 0.411 e. The van der Waals surface area contributed by atoms with Gasteiger partial charge in [-0.05, 0) is 6.92 Å². The smallest absolute Gasteiger partial charge is 0.387 e. The van der Waals surface area contributed by atoms with Crippen LogP contribution < -0.4 is 16.0 Å². The molecule has 3 N–H and O–H groups in total. The van der Waals surface area contributed by atoms with Gasteiger partial charge in [-0.15, -0.1) is 0 Å². The van der Waals surface area contributed by atoms with Crippen LogP contribution in [-0.2, 0) is 0 Å². The van der Waals surface area contributed by atoms with Gasteiger partial charge in [-0.1, -0.05) is 0 Å². The Hall–Kier alpha value is -3.30. The highest BCUT2D eigenvalue weighted by atomic mass is 19.1. The van der Waals surface area contributed by atoms with E-state index in [2.05, 4.69) is 14.7 Å². The second-order valence-corrected chi connectivity index (χ2v) is 4.86. The topological polar surface area (TPSA) is 102 Å². The van der Waals surface area contributed by atoms with Gasteiger partial charge in [0.05, 0.1) is 11.1 Å². The largest absolute Gasteiger partial charge is 0.411 e. The van der Waals surface area contributed by atoms with Crippen molar-refractivity contribution in [1.82, 2.24) is 14.4 Å². The number of benzene rings is 1. The summed E-state index contributed by atoms with van der Waals surface area (Å²) in [6.07, 6.45) is -0.150. The van der Waals surface area contributed by atoms with E-state index in [1.165, 1.54) is 6.92 Å². The lowest BCUT2D eigenvalue weighted by Gasteiger charge is -2.09. The number of aromatic amines is 1. The molecule has 0 aliphatic heterocycles. The number of nitrogens with two attached hydrogens (primary N) is 1. The number of amides is 1. The van der Waals surface area contributed by atoms with Crippen LogP contribution >= 0.6 is 0 Å². The summed E-state index contributed by atoms with van der Waals surface area (Å²) in [7, 11) is 0. The summed E-state index contributed by atoms with van der Waals surface area (Å²) < 4.78 is 46.6. The molecular weight excluding hydrogens is 329 g/mol. The van der Waals surface area contributed by atoms with Gasteiger partial charge in [-0.2, -0.15) is 4.98 Å². The Bertz CT molecular complexity index is 1020. The second kappa shape index (κ2) is 5.41. The molecule has 0 unspecified atom stereocenters. The van der Waals surface area contributed by atoms with E-state index >= 15 is 0 Å². The van der Waals surface area contributed by atoms with Crippen molar-refractivity contribution in [3.8, 4) is 17.0 Å². The van der Waals surface area contributed by atoms with Gasteiger partial charge in [-0.3, -0.25) is 4.79 Å². The Labute approximate surface area is 131 Å². The zero-order valence-corrected chi connectivity index (χ0v) is 12.1. The molecule has 10 heteroatoms. The molecule has 24 heavy (non-hydrogen) atoms. The van der Waals surface area contributed by atoms with Gasteiger partial charge in [0.25, 0.3) is 11.4 Å². The van der Waals surface area contributed by atoms with E-state index in [4.69, 9.17) is 5.73 Å². The summed E-state index contributed by atoms with van der Waals surface area (Å²) in [5.41, 5.74) is 3.07. The first-order valence-electron chi connectivity index (χ1n) is 6.51. The van der Waals surface area contributed by atoms with E-state index in [0.29, 0.717) is 12.1 Å². The molecule has 0 saturated carbocycles. The number of nitrogens with one attached hydrogen (secondary N) is 1. The maximum atomic E-state index is 14.0. The molecule has 0 bridgehead atoms. The van der Waals surface area contributed by atoms with Crippen molar-refractivity contribution >= 4 is 11.7 Å². The second-order valence-electron chi connectivity index (χ2n) is 4.86. The molecule has 0 fully saturated rings. The van der Waals surface area contributed by atoms with Crippen LogP contribution in [0.4, 0.5) is 18.0 Å². The van der Waals surface area contributed by atoms with Crippen LogP contribution in [0, 0.1) is 24.4 Å². The van der Waals surface area contributed by atoms with Crippen molar-refractivity contribution in [2.45, 2.75) is 6.92 Å². The van der Waals surface area contributed by atoms with Crippen molar-refractivity contribution < 1.29 is 22.7 Å². The van der Waals surface area contributed by atoms with E-state index in [1.807, 2.05) is 0 Å². The fourth-order valence-electron chi connectivity index (χ4n) is 2.37. The lowest BCUT2D eigenvalue weighted by Crippen LogP contribution is -2.20. The minimum absolute atomic E-state index is 0.0250. The first kappa shape index (κ1) is 15.6. The number of fused-ring (bicyclic) bond motifs is 1. The maximum absolute atomic E-state index is 14.0. The number of imidazole rings is 1. The zero-order chi connectivity index (χ0) is 17.6. The number of aromatic nitrogens is 3. The number of rotatable bonds is 2. The first-order valence-corrected chi connectivity index (χ1v) is 6.51. The summed E-state index contributed by atoms with van der Waals surface area (Å²) in [6.45, 7) is 1.38. The molecule has 0 atom stereocenters. The van der Waals surface area contributed by atoms with Gasteiger partial charge in [0.1, 0.15) is 23.8 Å². The Kier molecular flexibility index (Phi) is 3.51. The molecule has 0 radical (unpaired) electrons. The SMILES string of the molecule is Cc1[nH]c2c(OC(N)=O)ncn2c(=O)c1-c1c(F)cc(F)cc1F. The van der Waals surface area contributed by atoms with Crippen molar-refractivity contribution in [1.29, 1.82) is 0 Å². The summed E-state index contributed by atoms with van der Waals surface area (Å²) in [5, 5.41) is 0. The molecular formula is C14H9F3N4O3. The molecule has 2 aromatic heterocycles. The van der Waals surface area contributed by atoms with E-state index < -0.39 is 34.7 Å². The standard InChI is InChI=1S/C14H9F3N4O3/c1-5-9(10-7(16)2-6(15)3-8(10)17)13(22)21-4-19-12(11(21)20-5)24-14(18)23/h2-4,20H,1H3,(H2,18,23). The Morgan fingerprint density at radius 3 is 2.46 bits per heavy atom. The Morgan fingerprint density at radius 1 is 1.25 bits per heavy atom. The lowest BCUT2D eigenvalue weighted by molar-refractivity contribution is 0.209. The zero-order valence-electron chi connectivity index (χ0n) is 12.1. The summed E-state index contributed by atoms with van der Waals surface area (Å²) >= 11 is 0. The molecule has 0 spiro atoms. The number of carbonyl (C=O) groups excluding carboxylic acids is 1. The molecule has 1 aromatic carbocycles. The first-order chi connectivity index (χ1) is 11.3. The summed E-state index contributed by atoms with van der Waals surface area (Å²) in [6, 6.07) is 0.939. The van der Waals surface area contributed by atoms with Gasteiger partial charge in [-0.25, -0.2) is 22.4 Å². The van der Waals surface area contributed by atoms with Crippen LogP contribution in [0.25, 0.3) is 16.8 Å². The van der Waals surface area contributed by atoms with Gasteiger partial charge in [0.2, 0.25) is 0 Å². The van der Waals surface area contributed by atoms with Crippen LogP contribution in [0.2, 0.25) is 0 Å². The molecule has 1 amide bonds. The minimum atomic E-state index is -1.23. The number of carbonyl (C=O) groups is 1. The third-order valence-electron chi connectivity index (χ3n) is 3.30. The van der Waals surface area contributed by atoms with E-state index in [-0.39, 0.29) is 22.8 Å². The van der Waals surface area contributed by atoms with Gasteiger partial charge in [0.15, 0.2) is 5.65 Å². The van der Waals surface area contributed by atoms with Crippen LogP contribution in [0.15, 0.2) is 23.3 Å². The Morgan fingerprint density at radius 2 is 1.88 bits per heavy atom. The lowest BCUT2D eigenvalue weighted by atomic mass is 10.0. The number of aryl methyl sites for hydroxylation is 1. The quantitative estimate of drug-likeness (QED) is 0.744. The van der Waals surface area contributed by atoms with E-state index in [0.717, 1.165) is 10.7 Å². The number of hydrogen-bond donors (Lipinski definition) is 2. The van der Waals surface area contributed by atoms with E-state index in [1.54, 1.807) is 0 Å². The fraction of sp³-hybridized carbons (Fsp3) is 0.0714. The molecule has 3 aromatic rings. The van der Waals surface area contributed by atoms with Crippen LogP contribution in [0.1, 0.15) is 5.69 Å². The normalized spacial score (nSPS) is 11.0. The molecule has 0 saturated heterocycles. The molecule has 0 aliphatic carbocycles.